The first-order valence-electron chi connectivity index (χ1n) is 6.08. The van der Waals surface area contributed by atoms with Gasteiger partial charge >= 0.3 is 6.09 Å². The van der Waals surface area contributed by atoms with Crippen LogP contribution in [0.15, 0.2) is 30.3 Å². The molecule has 3 N–H and O–H groups in total. The molecule has 5 nitrogen and oxygen atoms in total. The molecule has 100 valence electrons. The summed E-state index contributed by atoms with van der Waals surface area (Å²) in [6.45, 7) is 3.64. The van der Waals surface area contributed by atoms with Crippen molar-refractivity contribution < 1.29 is 14.6 Å². The summed E-state index contributed by atoms with van der Waals surface area (Å²) in [6.07, 6.45) is -0.947. The number of nitrogens with one attached hydrogen (secondary N) is 2. The van der Waals surface area contributed by atoms with Gasteiger partial charge in [-0.3, -0.25) is 0 Å². The van der Waals surface area contributed by atoms with Crippen LogP contribution in [0.5, 0.6) is 0 Å². The Bertz CT molecular complexity index is 343. The molecule has 0 bridgehead atoms. The molecule has 0 saturated heterocycles. The normalized spacial score (nSPS) is 11.9. The summed E-state index contributed by atoms with van der Waals surface area (Å²) in [5.74, 6) is 0. The van der Waals surface area contributed by atoms with E-state index in [9.17, 15) is 9.90 Å². The maximum absolute atomic E-state index is 11.0. The molecule has 18 heavy (non-hydrogen) atoms. The summed E-state index contributed by atoms with van der Waals surface area (Å²) < 4.78 is 4.71. The number of alkyl carbamates (subject to hydrolysis) is 1. The molecule has 0 radical (unpaired) electrons. The maximum atomic E-state index is 11.0. The van der Waals surface area contributed by atoms with Gasteiger partial charge in [-0.25, -0.2) is 4.79 Å². The van der Waals surface area contributed by atoms with Crippen LogP contribution >= 0.6 is 0 Å². The van der Waals surface area contributed by atoms with Crippen LogP contribution in [0.1, 0.15) is 18.6 Å². The first kappa shape index (κ1) is 14.5. The molecule has 1 unspecified atom stereocenters. The highest BCUT2D eigenvalue weighted by Crippen LogP contribution is 2.09. The lowest BCUT2D eigenvalue weighted by atomic mass is 10.1. The van der Waals surface area contributed by atoms with Gasteiger partial charge in [-0.2, -0.15) is 0 Å². The lowest BCUT2D eigenvalue weighted by Gasteiger charge is -2.12. The number of aliphatic hydroxyl groups excluding tert-OH is 1. The summed E-state index contributed by atoms with van der Waals surface area (Å²) in [6, 6.07) is 9.45. The van der Waals surface area contributed by atoms with E-state index in [0.717, 1.165) is 5.56 Å². The molecular weight excluding hydrogens is 232 g/mol. The van der Waals surface area contributed by atoms with E-state index in [-0.39, 0.29) is 0 Å². The monoisotopic (exact) mass is 252 g/mol. The number of amides is 1. The number of ether oxygens (including phenoxy) is 1. The topological polar surface area (TPSA) is 70.6 Å². The van der Waals surface area contributed by atoms with Crippen LogP contribution in [0, 0.1) is 0 Å². The van der Waals surface area contributed by atoms with Gasteiger partial charge in [-0.15, -0.1) is 0 Å². The smallest absolute Gasteiger partial charge is 0.407 e. The Morgan fingerprint density at radius 1 is 1.33 bits per heavy atom. The molecule has 0 spiro atoms. The molecule has 1 atom stereocenters. The molecule has 1 aromatic rings. The van der Waals surface area contributed by atoms with Gasteiger partial charge in [0.2, 0.25) is 0 Å². The van der Waals surface area contributed by atoms with Crippen molar-refractivity contribution in [1.29, 1.82) is 0 Å². The molecule has 0 heterocycles. The van der Waals surface area contributed by atoms with Crippen LogP contribution < -0.4 is 10.6 Å². The summed E-state index contributed by atoms with van der Waals surface area (Å²) >= 11 is 0. The Balaban J connectivity index is 2.09. The molecule has 5 heteroatoms. The number of carbonyl (C=O) groups excluding carboxylic acids is 1. The average Bonchev–Trinajstić information content (AvgIpc) is 2.39. The van der Waals surface area contributed by atoms with Gasteiger partial charge in [0.15, 0.2) is 0 Å². The quantitative estimate of drug-likeness (QED) is 0.634. The van der Waals surface area contributed by atoms with E-state index in [0.29, 0.717) is 26.2 Å². The zero-order chi connectivity index (χ0) is 13.2. The third kappa shape index (κ3) is 5.65. The van der Waals surface area contributed by atoms with Crippen LogP contribution in [0.25, 0.3) is 0 Å². The fourth-order valence-corrected chi connectivity index (χ4v) is 1.47. The fourth-order valence-electron chi connectivity index (χ4n) is 1.47. The third-order valence-electron chi connectivity index (χ3n) is 2.37. The molecular formula is C13H20N2O3. The number of hydrogen-bond acceptors (Lipinski definition) is 4. The van der Waals surface area contributed by atoms with Crippen molar-refractivity contribution in [3.05, 3.63) is 35.9 Å². The summed E-state index contributed by atoms with van der Waals surface area (Å²) in [7, 11) is 0. The van der Waals surface area contributed by atoms with E-state index in [1.807, 2.05) is 30.3 Å². The highest BCUT2D eigenvalue weighted by Gasteiger charge is 2.05. The number of benzene rings is 1. The zero-order valence-corrected chi connectivity index (χ0v) is 10.6. The summed E-state index contributed by atoms with van der Waals surface area (Å²) in [5, 5.41) is 15.5. The molecule has 1 amide bonds. The largest absolute Gasteiger partial charge is 0.450 e. The van der Waals surface area contributed by atoms with E-state index in [1.165, 1.54) is 0 Å². The number of aliphatic hydroxyl groups is 1. The van der Waals surface area contributed by atoms with Crippen LogP contribution in [0.4, 0.5) is 4.79 Å². The van der Waals surface area contributed by atoms with Crippen molar-refractivity contribution in [2.75, 3.05) is 26.2 Å². The molecule has 0 fully saturated rings. The Labute approximate surface area is 107 Å². The Morgan fingerprint density at radius 3 is 2.72 bits per heavy atom. The van der Waals surface area contributed by atoms with Crippen molar-refractivity contribution in [1.82, 2.24) is 10.6 Å². The van der Waals surface area contributed by atoms with Gasteiger partial charge in [0.1, 0.15) is 0 Å². The van der Waals surface area contributed by atoms with E-state index in [2.05, 4.69) is 10.6 Å². The minimum absolute atomic E-state index is 0.367. The van der Waals surface area contributed by atoms with E-state index < -0.39 is 12.2 Å². The second-order valence-corrected chi connectivity index (χ2v) is 3.78. The zero-order valence-electron chi connectivity index (χ0n) is 10.6. The highest BCUT2D eigenvalue weighted by molar-refractivity contribution is 5.66. The average molecular weight is 252 g/mol. The number of rotatable bonds is 7. The minimum atomic E-state index is -0.534. The van der Waals surface area contributed by atoms with Crippen molar-refractivity contribution in [3.8, 4) is 0 Å². The predicted molar refractivity (Wildman–Crippen MR) is 69.3 cm³/mol. The Morgan fingerprint density at radius 2 is 2.06 bits per heavy atom. The van der Waals surface area contributed by atoms with Crippen molar-refractivity contribution >= 4 is 6.09 Å². The van der Waals surface area contributed by atoms with Crippen LogP contribution in [0.3, 0.4) is 0 Å². The van der Waals surface area contributed by atoms with Crippen LogP contribution in [-0.4, -0.2) is 37.4 Å². The standard InChI is InChI=1S/C13H20N2O3/c1-2-18-13(17)15-9-8-14-10-12(16)11-6-4-3-5-7-11/h3-7,12,14,16H,2,8-10H2,1H3,(H,15,17). The van der Waals surface area contributed by atoms with Crippen molar-refractivity contribution in [3.63, 3.8) is 0 Å². The van der Waals surface area contributed by atoms with Crippen molar-refractivity contribution in [2.45, 2.75) is 13.0 Å². The Kier molecular flexibility index (Phi) is 6.83. The van der Waals surface area contributed by atoms with Gasteiger partial charge in [0.05, 0.1) is 12.7 Å². The van der Waals surface area contributed by atoms with E-state index in [4.69, 9.17) is 4.74 Å². The van der Waals surface area contributed by atoms with E-state index >= 15 is 0 Å². The van der Waals surface area contributed by atoms with Gasteiger partial charge in [-0.05, 0) is 12.5 Å². The molecule has 0 aromatic heterocycles. The van der Waals surface area contributed by atoms with Gasteiger partial charge in [-0.1, -0.05) is 30.3 Å². The molecule has 0 aliphatic heterocycles. The van der Waals surface area contributed by atoms with Gasteiger partial charge < -0.3 is 20.5 Å². The SMILES string of the molecule is CCOC(=O)NCCNCC(O)c1ccccc1. The minimum Gasteiger partial charge on any atom is -0.450 e. The lowest BCUT2D eigenvalue weighted by molar-refractivity contribution is 0.151. The van der Waals surface area contributed by atoms with Crippen LogP contribution in [0.2, 0.25) is 0 Å². The van der Waals surface area contributed by atoms with Crippen LogP contribution in [-0.2, 0) is 4.74 Å². The summed E-state index contributed by atoms with van der Waals surface area (Å²) in [4.78, 5) is 11.0. The van der Waals surface area contributed by atoms with E-state index in [1.54, 1.807) is 6.92 Å². The predicted octanol–water partition coefficient (Wildman–Crippen LogP) is 1.06. The molecule has 1 aromatic carbocycles. The highest BCUT2D eigenvalue weighted by atomic mass is 16.5. The number of hydrogen-bond donors (Lipinski definition) is 3. The fraction of sp³-hybridized carbons (Fsp3) is 0.462. The molecule has 0 saturated carbocycles. The van der Waals surface area contributed by atoms with Crippen molar-refractivity contribution in [2.24, 2.45) is 0 Å². The summed E-state index contributed by atoms with van der Waals surface area (Å²) in [5.41, 5.74) is 0.878. The second kappa shape index (κ2) is 8.49. The first-order valence-corrected chi connectivity index (χ1v) is 6.08. The van der Waals surface area contributed by atoms with Gasteiger partial charge in [0.25, 0.3) is 0 Å². The second-order valence-electron chi connectivity index (χ2n) is 3.78. The first-order chi connectivity index (χ1) is 8.74. The van der Waals surface area contributed by atoms with Gasteiger partial charge in [0, 0.05) is 19.6 Å². The Hall–Kier alpha value is -1.59. The molecule has 0 aliphatic carbocycles. The number of carbonyl (C=O) groups is 1. The maximum Gasteiger partial charge on any atom is 0.407 e. The lowest BCUT2D eigenvalue weighted by Crippen LogP contribution is -2.33. The molecule has 1 rings (SSSR count). The third-order valence-corrected chi connectivity index (χ3v) is 2.37. The molecule has 0 aliphatic rings.